The number of nitrogens with zero attached hydrogens (tertiary/aromatic N) is 3. The molecule has 0 amide bonds. The van der Waals surface area contributed by atoms with Crippen molar-refractivity contribution in [2.45, 2.75) is 44.8 Å². The molecule has 0 bridgehead atoms. The van der Waals surface area contributed by atoms with Gasteiger partial charge in [0.05, 0.1) is 5.69 Å². The Kier molecular flexibility index (Phi) is 12.3. The molecule has 44 heavy (non-hydrogen) atoms. The second-order valence-electron chi connectivity index (χ2n) is 10.2. The third kappa shape index (κ3) is 9.85. The minimum Gasteiger partial charge on any atom is -0.478 e. The Labute approximate surface area is 252 Å². The van der Waals surface area contributed by atoms with Gasteiger partial charge in [0.2, 0.25) is 0 Å². The fourth-order valence-electron chi connectivity index (χ4n) is 5.28. The highest BCUT2D eigenvalue weighted by molar-refractivity contribution is 5.90. The molecule has 1 saturated heterocycles. The lowest BCUT2D eigenvalue weighted by atomic mass is 9.86. The molecule has 0 spiro atoms. The summed E-state index contributed by atoms with van der Waals surface area (Å²) in [4.78, 5) is 43.4. The van der Waals surface area contributed by atoms with Gasteiger partial charge in [0, 0.05) is 67.4 Å². The first-order valence-corrected chi connectivity index (χ1v) is 13.8. The topological polar surface area (TPSA) is 182 Å². The molecule has 0 radical (unpaired) electrons. The number of likely N-dealkylation sites (tertiary alicyclic amines) is 1. The predicted molar refractivity (Wildman–Crippen MR) is 156 cm³/mol. The van der Waals surface area contributed by atoms with E-state index in [1.165, 1.54) is 29.7 Å². The van der Waals surface area contributed by atoms with Crippen molar-refractivity contribution in [2.24, 2.45) is 0 Å². The van der Waals surface area contributed by atoms with Crippen LogP contribution in [-0.2, 0) is 32.3 Å². The Balaban J connectivity index is 0.000000275. The average molecular weight is 612 g/mol. The largest absolute Gasteiger partial charge is 0.478 e. The van der Waals surface area contributed by atoms with Crippen LogP contribution < -0.4 is 0 Å². The number of halogens is 1. The van der Waals surface area contributed by atoms with Gasteiger partial charge in [-0.2, -0.15) is 0 Å². The van der Waals surface area contributed by atoms with Crippen molar-refractivity contribution in [1.29, 1.82) is 0 Å². The van der Waals surface area contributed by atoms with Gasteiger partial charge in [-0.15, -0.1) is 0 Å². The fraction of sp³-hybridized carbons (Fsp3) is 0.323. The normalized spacial score (nSPS) is 18.3. The van der Waals surface area contributed by atoms with Crippen LogP contribution in [0.2, 0.25) is 0 Å². The number of hydrogen-bond donors (Lipinski definition) is 4. The highest BCUT2D eigenvalue weighted by Crippen LogP contribution is 2.38. The number of hydrogen-bond acceptors (Lipinski definition) is 8. The van der Waals surface area contributed by atoms with E-state index in [0.29, 0.717) is 41.8 Å². The van der Waals surface area contributed by atoms with E-state index in [2.05, 4.69) is 46.1 Å². The zero-order valence-corrected chi connectivity index (χ0v) is 24.0. The molecule has 234 valence electrons. The smallest absolute Gasteiger partial charge is 0.328 e. The molecule has 4 N–H and O–H groups in total. The van der Waals surface area contributed by atoms with Crippen LogP contribution in [-0.4, -0.2) is 84.9 Å². The van der Waals surface area contributed by atoms with Crippen LogP contribution in [0.1, 0.15) is 42.5 Å². The van der Waals surface area contributed by atoms with Crippen LogP contribution in [0, 0.1) is 5.82 Å². The molecule has 0 saturated carbocycles. The predicted octanol–water partition coefficient (Wildman–Crippen LogP) is 3.97. The summed E-state index contributed by atoms with van der Waals surface area (Å²) >= 11 is 0. The summed E-state index contributed by atoms with van der Waals surface area (Å²) in [5.41, 5.74) is 4.41. The summed E-state index contributed by atoms with van der Waals surface area (Å²) in [5.74, 6) is -5.01. The molecule has 0 aliphatic carbocycles. The van der Waals surface area contributed by atoms with Gasteiger partial charge in [-0.1, -0.05) is 36.3 Å². The van der Waals surface area contributed by atoms with Gasteiger partial charge in [0.15, 0.2) is 5.58 Å². The number of carboxylic acid groups (broad SMARTS) is 4. The van der Waals surface area contributed by atoms with E-state index in [-0.39, 0.29) is 5.82 Å². The molecule has 2 aliphatic heterocycles. The van der Waals surface area contributed by atoms with Crippen LogP contribution in [0.25, 0.3) is 11.0 Å². The van der Waals surface area contributed by atoms with Gasteiger partial charge < -0.3 is 29.8 Å². The van der Waals surface area contributed by atoms with E-state index in [1.54, 1.807) is 0 Å². The van der Waals surface area contributed by atoms with Gasteiger partial charge in [-0.25, -0.2) is 23.6 Å². The number of benzene rings is 2. The van der Waals surface area contributed by atoms with Gasteiger partial charge in [-0.05, 0) is 49.2 Å². The molecule has 3 aromatic rings. The summed E-state index contributed by atoms with van der Waals surface area (Å²) in [6.45, 7) is 7.47. The lowest BCUT2D eigenvalue weighted by Crippen LogP contribution is -2.50. The van der Waals surface area contributed by atoms with Gasteiger partial charge >= 0.3 is 23.9 Å². The monoisotopic (exact) mass is 611 g/mol. The van der Waals surface area contributed by atoms with E-state index in [1.807, 2.05) is 6.07 Å². The van der Waals surface area contributed by atoms with E-state index in [9.17, 15) is 23.6 Å². The summed E-state index contributed by atoms with van der Waals surface area (Å²) in [6, 6.07) is 13.9. The third-order valence-corrected chi connectivity index (χ3v) is 7.09. The number of aliphatic carboxylic acids is 4. The summed E-state index contributed by atoms with van der Waals surface area (Å²) in [6.07, 6.45) is 4.45. The van der Waals surface area contributed by atoms with Gasteiger partial charge in [0.1, 0.15) is 5.82 Å². The highest BCUT2D eigenvalue weighted by Gasteiger charge is 2.38. The first-order chi connectivity index (χ1) is 21.0. The minimum absolute atomic E-state index is 0.278. The maximum Gasteiger partial charge on any atom is 0.328 e. The van der Waals surface area contributed by atoms with Crippen molar-refractivity contribution in [3.05, 3.63) is 89.4 Å². The van der Waals surface area contributed by atoms with Crippen molar-refractivity contribution in [2.75, 3.05) is 19.6 Å². The molecule has 5 rings (SSSR count). The first kappa shape index (κ1) is 33.6. The van der Waals surface area contributed by atoms with Crippen LogP contribution in [0.4, 0.5) is 4.39 Å². The second kappa shape index (κ2) is 16.1. The Morgan fingerprint density at radius 3 is 1.95 bits per heavy atom. The number of rotatable bonds is 8. The molecule has 2 aliphatic rings. The van der Waals surface area contributed by atoms with Crippen LogP contribution in [0.3, 0.4) is 0 Å². The molecule has 12 nitrogen and oxygen atoms in total. The van der Waals surface area contributed by atoms with E-state index >= 15 is 0 Å². The Hall–Kier alpha value is -4.88. The van der Waals surface area contributed by atoms with E-state index < -0.39 is 23.9 Å². The SMILES string of the molecule is CCCN1CCC(c2noc3cc(F)ccc23)C(N2Cc3ccccc3C2)C1.O=C(O)C=CC(=O)O.O=C(O)C=CC(=O)O. The lowest BCUT2D eigenvalue weighted by molar-refractivity contribution is -0.134. The maximum absolute atomic E-state index is 13.6. The van der Waals surface area contributed by atoms with Crippen molar-refractivity contribution in [1.82, 2.24) is 15.0 Å². The molecule has 3 heterocycles. The minimum atomic E-state index is -1.26. The number of carboxylic acids is 4. The van der Waals surface area contributed by atoms with E-state index in [4.69, 9.17) is 24.9 Å². The second-order valence-corrected chi connectivity index (χ2v) is 10.2. The number of aromatic nitrogens is 1. The van der Waals surface area contributed by atoms with Crippen molar-refractivity contribution in [3.63, 3.8) is 0 Å². The zero-order chi connectivity index (χ0) is 32.2. The van der Waals surface area contributed by atoms with Gasteiger partial charge in [-0.3, -0.25) is 4.90 Å². The lowest BCUT2D eigenvalue weighted by Gasteiger charge is -2.42. The molecule has 2 aromatic carbocycles. The Morgan fingerprint density at radius 1 is 0.909 bits per heavy atom. The highest BCUT2D eigenvalue weighted by atomic mass is 19.1. The molecule has 13 heteroatoms. The van der Waals surface area contributed by atoms with Crippen LogP contribution >= 0.6 is 0 Å². The average Bonchev–Trinajstić information content (AvgIpc) is 3.60. The Bertz CT molecular complexity index is 1440. The third-order valence-electron chi connectivity index (χ3n) is 7.09. The molecule has 2 atom stereocenters. The fourth-order valence-corrected chi connectivity index (χ4v) is 5.28. The number of carbonyl (C=O) groups is 4. The first-order valence-electron chi connectivity index (χ1n) is 13.8. The van der Waals surface area contributed by atoms with Crippen molar-refractivity contribution < 1.29 is 48.5 Å². The maximum atomic E-state index is 13.6. The molecule has 1 fully saturated rings. The van der Waals surface area contributed by atoms with Crippen molar-refractivity contribution in [3.8, 4) is 0 Å². The van der Waals surface area contributed by atoms with Gasteiger partial charge in [0.25, 0.3) is 0 Å². The zero-order valence-electron chi connectivity index (χ0n) is 24.0. The molecular weight excluding hydrogens is 577 g/mol. The molecule has 1 aromatic heterocycles. The molecule has 2 unspecified atom stereocenters. The molecular formula is C31H34FN3O9. The summed E-state index contributed by atoms with van der Waals surface area (Å²) in [7, 11) is 0. The summed E-state index contributed by atoms with van der Waals surface area (Å²) < 4.78 is 19.1. The standard InChI is InChI=1S/C23H26FN3O.2C4H4O4/c1-2-10-26-11-9-19(23-20-8-7-18(24)12-22(20)28-25-23)21(15-26)27-13-16-5-3-4-6-17(16)14-27;2*5-3(6)1-2-4(7)8/h3-8,12,19,21H,2,9-11,13-15H2,1H3;2*1-2H,(H,5,6)(H,7,8). The number of piperidine rings is 1. The van der Waals surface area contributed by atoms with E-state index in [0.717, 1.165) is 50.2 Å². The van der Waals surface area contributed by atoms with Crippen LogP contribution in [0.15, 0.2) is 71.3 Å². The quantitative estimate of drug-likeness (QED) is 0.269. The summed E-state index contributed by atoms with van der Waals surface area (Å²) in [5, 5.41) is 36.6. The Morgan fingerprint density at radius 2 is 1.45 bits per heavy atom. The van der Waals surface area contributed by atoms with Crippen LogP contribution in [0.5, 0.6) is 0 Å². The number of fused-ring (bicyclic) bond motifs is 2. The van der Waals surface area contributed by atoms with Crippen molar-refractivity contribution >= 4 is 34.8 Å².